The molecule has 3 rings (SSSR count). The molecule has 1 aliphatic carbocycles. The molecule has 1 atom stereocenters. The lowest BCUT2D eigenvalue weighted by Gasteiger charge is -2.31. The highest BCUT2D eigenvalue weighted by Gasteiger charge is 2.30. The van der Waals surface area contributed by atoms with Gasteiger partial charge in [-0.1, -0.05) is 62.2 Å². The largest absolute Gasteiger partial charge is 0.493 e. The summed E-state index contributed by atoms with van der Waals surface area (Å²) in [5, 5.41) is 3.16. The van der Waals surface area contributed by atoms with Crippen molar-refractivity contribution < 1.29 is 19.1 Å². The van der Waals surface area contributed by atoms with Gasteiger partial charge in [-0.15, -0.1) is 0 Å². The van der Waals surface area contributed by atoms with Crippen LogP contribution in [0, 0.1) is 0 Å². The van der Waals surface area contributed by atoms with E-state index in [9.17, 15) is 9.59 Å². The maximum Gasteiger partial charge on any atom is 0.261 e. The molecule has 0 aromatic heterocycles. The number of hydrogen-bond donors (Lipinski definition) is 1. The number of benzene rings is 2. The third-order valence-electron chi connectivity index (χ3n) is 5.99. The Labute approximate surface area is 190 Å². The Balaban J connectivity index is 1.71. The molecule has 0 unspecified atom stereocenters. The summed E-state index contributed by atoms with van der Waals surface area (Å²) < 4.78 is 11.1. The van der Waals surface area contributed by atoms with E-state index in [1.54, 1.807) is 24.1 Å². The van der Waals surface area contributed by atoms with E-state index in [1.807, 2.05) is 49.4 Å². The van der Waals surface area contributed by atoms with Crippen LogP contribution in [0.3, 0.4) is 0 Å². The molecule has 0 aliphatic heterocycles. The van der Waals surface area contributed by atoms with Crippen molar-refractivity contribution in [2.45, 2.75) is 57.5 Å². The first kappa shape index (κ1) is 23.6. The average Bonchev–Trinajstić information content (AvgIpc) is 3.34. The number of amides is 2. The first-order valence-electron chi connectivity index (χ1n) is 11.5. The molecule has 1 fully saturated rings. The minimum atomic E-state index is -0.520. The zero-order valence-electron chi connectivity index (χ0n) is 19.1. The number of carbonyl (C=O) groups excluding carboxylic acids is 2. The van der Waals surface area contributed by atoms with Crippen molar-refractivity contribution in [1.29, 1.82) is 0 Å². The molecule has 0 radical (unpaired) electrons. The summed E-state index contributed by atoms with van der Waals surface area (Å²) in [6, 6.07) is 16.9. The molecule has 6 heteroatoms. The highest BCUT2D eigenvalue weighted by molar-refractivity contribution is 5.88. The van der Waals surface area contributed by atoms with Crippen molar-refractivity contribution in [3.05, 3.63) is 60.2 Å². The molecule has 0 heterocycles. The molecule has 2 aromatic carbocycles. The maximum absolute atomic E-state index is 13.3. The van der Waals surface area contributed by atoms with Gasteiger partial charge < -0.3 is 19.7 Å². The fourth-order valence-corrected chi connectivity index (χ4v) is 4.22. The van der Waals surface area contributed by atoms with Gasteiger partial charge in [0, 0.05) is 12.6 Å². The lowest BCUT2D eigenvalue weighted by atomic mass is 10.1. The van der Waals surface area contributed by atoms with Crippen LogP contribution in [-0.2, 0) is 16.0 Å². The molecule has 0 spiro atoms. The third-order valence-corrected chi connectivity index (χ3v) is 5.99. The number of para-hydroxylation sites is 2. The molecule has 0 bridgehead atoms. The van der Waals surface area contributed by atoms with Crippen LogP contribution in [0.5, 0.6) is 11.5 Å². The van der Waals surface area contributed by atoms with Crippen molar-refractivity contribution >= 4 is 11.8 Å². The van der Waals surface area contributed by atoms with E-state index in [0.29, 0.717) is 30.9 Å². The van der Waals surface area contributed by atoms with Crippen LogP contribution in [0.25, 0.3) is 0 Å². The second kappa shape index (κ2) is 12.1. The second-order valence-corrected chi connectivity index (χ2v) is 8.18. The zero-order chi connectivity index (χ0) is 22.8. The Bertz CT molecular complexity index is 865. The summed E-state index contributed by atoms with van der Waals surface area (Å²) in [5.74, 6) is 0.801. The SMILES string of the molecule is CC[C@@H](C(=O)NC1CCCC1)N(CCc1ccccc1)C(=O)COc1ccccc1OC. The van der Waals surface area contributed by atoms with E-state index in [1.165, 1.54) is 0 Å². The van der Waals surface area contributed by atoms with Crippen LogP contribution < -0.4 is 14.8 Å². The van der Waals surface area contributed by atoms with Gasteiger partial charge in [-0.2, -0.15) is 0 Å². The standard InChI is InChI=1S/C26H34N2O4/c1-3-22(26(30)27-21-13-7-8-14-21)28(18-17-20-11-5-4-6-12-20)25(29)19-32-24-16-10-9-15-23(24)31-2/h4-6,9-12,15-16,21-22H,3,7-8,13-14,17-19H2,1-2H3,(H,27,30)/t22-/m0/s1. The van der Waals surface area contributed by atoms with Crippen molar-refractivity contribution in [2.75, 3.05) is 20.3 Å². The summed E-state index contributed by atoms with van der Waals surface area (Å²) in [5.41, 5.74) is 1.13. The van der Waals surface area contributed by atoms with Gasteiger partial charge in [0.2, 0.25) is 5.91 Å². The van der Waals surface area contributed by atoms with E-state index in [0.717, 1.165) is 31.2 Å². The first-order valence-corrected chi connectivity index (χ1v) is 11.5. The normalized spacial score (nSPS) is 14.6. The van der Waals surface area contributed by atoms with Gasteiger partial charge in [0.25, 0.3) is 5.91 Å². The highest BCUT2D eigenvalue weighted by atomic mass is 16.5. The smallest absolute Gasteiger partial charge is 0.261 e. The lowest BCUT2D eigenvalue weighted by molar-refractivity contribution is -0.142. The number of nitrogens with one attached hydrogen (secondary N) is 1. The molecule has 32 heavy (non-hydrogen) atoms. The summed E-state index contributed by atoms with van der Waals surface area (Å²) in [6.07, 6.45) is 5.53. The van der Waals surface area contributed by atoms with Crippen LogP contribution in [0.4, 0.5) is 0 Å². The number of nitrogens with zero attached hydrogens (tertiary/aromatic N) is 1. The van der Waals surface area contributed by atoms with Crippen molar-refractivity contribution in [1.82, 2.24) is 10.2 Å². The van der Waals surface area contributed by atoms with Crippen LogP contribution in [0.2, 0.25) is 0 Å². The minimum absolute atomic E-state index is 0.0712. The molecule has 1 saturated carbocycles. The van der Waals surface area contributed by atoms with Crippen LogP contribution >= 0.6 is 0 Å². The van der Waals surface area contributed by atoms with E-state index in [-0.39, 0.29) is 24.5 Å². The van der Waals surface area contributed by atoms with Gasteiger partial charge in [0.1, 0.15) is 6.04 Å². The van der Waals surface area contributed by atoms with Gasteiger partial charge in [-0.3, -0.25) is 9.59 Å². The summed E-state index contributed by atoms with van der Waals surface area (Å²) in [4.78, 5) is 28.0. The third kappa shape index (κ3) is 6.49. The number of ether oxygens (including phenoxy) is 2. The van der Waals surface area contributed by atoms with Gasteiger partial charge in [-0.05, 0) is 43.4 Å². The Morgan fingerprint density at radius 3 is 2.34 bits per heavy atom. The van der Waals surface area contributed by atoms with Crippen molar-refractivity contribution in [3.63, 3.8) is 0 Å². The molecule has 2 aromatic rings. The Kier molecular flexibility index (Phi) is 8.96. The number of methoxy groups -OCH3 is 1. The number of rotatable bonds is 11. The fraction of sp³-hybridized carbons (Fsp3) is 0.462. The van der Waals surface area contributed by atoms with Crippen LogP contribution in [0.1, 0.15) is 44.6 Å². The van der Waals surface area contributed by atoms with Gasteiger partial charge in [0.15, 0.2) is 18.1 Å². The Morgan fingerprint density at radius 2 is 1.69 bits per heavy atom. The van der Waals surface area contributed by atoms with Gasteiger partial charge in [0.05, 0.1) is 7.11 Å². The summed E-state index contributed by atoms with van der Waals surface area (Å²) in [7, 11) is 1.57. The summed E-state index contributed by atoms with van der Waals surface area (Å²) in [6.45, 7) is 2.25. The van der Waals surface area contributed by atoms with Gasteiger partial charge >= 0.3 is 0 Å². The molecule has 1 N–H and O–H groups in total. The number of carbonyl (C=O) groups is 2. The van der Waals surface area contributed by atoms with Crippen molar-refractivity contribution in [3.8, 4) is 11.5 Å². The lowest BCUT2D eigenvalue weighted by Crippen LogP contribution is -2.52. The summed E-state index contributed by atoms with van der Waals surface area (Å²) >= 11 is 0. The monoisotopic (exact) mass is 438 g/mol. The zero-order valence-corrected chi connectivity index (χ0v) is 19.1. The van der Waals surface area contributed by atoms with Crippen LogP contribution in [0.15, 0.2) is 54.6 Å². The van der Waals surface area contributed by atoms with E-state index in [4.69, 9.17) is 9.47 Å². The molecular weight excluding hydrogens is 404 g/mol. The molecular formula is C26H34N2O4. The van der Waals surface area contributed by atoms with Crippen LogP contribution in [-0.4, -0.2) is 49.1 Å². The average molecular weight is 439 g/mol. The molecule has 172 valence electrons. The highest BCUT2D eigenvalue weighted by Crippen LogP contribution is 2.26. The Morgan fingerprint density at radius 1 is 1.03 bits per heavy atom. The molecule has 1 aliphatic rings. The first-order chi connectivity index (χ1) is 15.6. The van der Waals surface area contributed by atoms with E-state index >= 15 is 0 Å². The maximum atomic E-state index is 13.3. The van der Waals surface area contributed by atoms with Gasteiger partial charge in [-0.25, -0.2) is 0 Å². The Hall–Kier alpha value is -3.02. The van der Waals surface area contributed by atoms with E-state index in [2.05, 4.69) is 5.32 Å². The molecule has 6 nitrogen and oxygen atoms in total. The predicted octanol–water partition coefficient (Wildman–Crippen LogP) is 3.98. The minimum Gasteiger partial charge on any atom is -0.493 e. The predicted molar refractivity (Wildman–Crippen MR) is 125 cm³/mol. The topological polar surface area (TPSA) is 67.9 Å². The van der Waals surface area contributed by atoms with E-state index < -0.39 is 6.04 Å². The van der Waals surface area contributed by atoms with Crippen molar-refractivity contribution in [2.24, 2.45) is 0 Å². The number of hydrogen-bond acceptors (Lipinski definition) is 4. The second-order valence-electron chi connectivity index (χ2n) is 8.18. The fourth-order valence-electron chi connectivity index (χ4n) is 4.22. The molecule has 2 amide bonds. The molecule has 0 saturated heterocycles. The quantitative estimate of drug-likeness (QED) is 0.576.